The van der Waals surface area contributed by atoms with Gasteiger partial charge in [0.1, 0.15) is 11.4 Å². The number of hydrogen-bond acceptors (Lipinski definition) is 2. The molecular weight excluding hydrogens is 200 g/mol. The molecule has 1 aliphatic heterocycles. The predicted molar refractivity (Wildman–Crippen MR) is 64.0 cm³/mol. The van der Waals surface area contributed by atoms with Crippen molar-refractivity contribution < 1.29 is 9.53 Å². The van der Waals surface area contributed by atoms with Crippen molar-refractivity contribution in [2.75, 3.05) is 0 Å². The first-order chi connectivity index (χ1) is 7.64. The molecule has 1 heterocycles. The number of hydrogen-bond donors (Lipinski definition) is 0. The Bertz CT molecular complexity index is 352. The molecule has 2 rings (SSSR count). The van der Waals surface area contributed by atoms with E-state index in [0.717, 1.165) is 30.6 Å². The second kappa shape index (κ2) is 4.44. The van der Waals surface area contributed by atoms with Gasteiger partial charge in [-0.05, 0) is 32.3 Å². The molecular formula is C14H20O2. The predicted octanol–water partition coefficient (Wildman–Crippen LogP) is 3.53. The van der Waals surface area contributed by atoms with Crippen LogP contribution in [-0.4, -0.2) is 11.4 Å². The Morgan fingerprint density at radius 1 is 1.44 bits per heavy atom. The molecule has 0 spiro atoms. The molecule has 2 aliphatic rings. The second-order valence-corrected chi connectivity index (χ2v) is 5.01. The van der Waals surface area contributed by atoms with E-state index < -0.39 is 0 Å². The van der Waals surface area contributed by atoms with Crippen LogP contribution in [0.5, 0.6) is 0 Å². The molecule has 0 saturated heterocycles. The summed E-state index contributed by atoms with van der Waals surface area (Å²) in [5.41, 5.74) is 0.725. The van der Waals surface area contributed by atoms with E-state index in [-0.39, 0.29) is 11.4 Å². The van der Waals surface area contributed by atoms with Gasteiger partial charge in [0, 0.05) is 12.8 Å². The van der Waals surface area contributed by atoms with Crippen molar-refractivity contribution in [3.63, 3.8) is 0 Å². The van der Waals surface area contributed by atoms with Crippen molar-refractivity contribution in [1.29, 1.82) is 0 Å². The quantitative estimate of drug-likeness (QED) is 0.727. The molecule has 0 aromatic rings. The smallest absolute Gasteiger partial charge is 0.166 e. The Hall–Kier alpha value is -1.05. The highest BCUT2D eigenvalue weighted by Crippen LogP contribution is 2.36. The molecule has 0 fully saturated rings. The summed E-state index contributed by atoms with van der Waals surface area (Å²) in [5, 5.41) is 0. The zero-order valence-electron chi connectivity index (χ0n) is 10.2. The molecule has 0 saturated carbocycles. The molecule has 0 bridgehead atoms. The van der Waals surface area contributed by atoms with Crippen molar-refractivity contribution in [2.24, 2.45) is 0 Å². The summed E-state index contributed by atoms with van der Waals surface area (Å²) in [6.07, 6.45) is 9.92. The fraction of sp³-hybridized carbons (Fsp3) is 0.643. The lowest BCUT2D eigenvalue weighted by molar-refractivity contribution is -0.116. The topological polar surface area (TPSA) is 26.3 Å². The zero-order valence-corrected chi connectivity index (χ0v) is 10.2. The van der Waals surface area contributed by atoms with Crippen LogP contribution >= 0.6 is 0 Å². The van der Waals surface area contributed by atoms with Gasteiger partial charge >= 0.3 is 0 Å². The lowest BCUT2D eigenvalue weighted by Gasteiger charge is -2.36. The minimum atomic E-state index is -0.0943. The maximum absolute atomic E-state index is 11.7. The number of unbranched alkanes of at least 4 members (excludes halogenated alkanes) is 1. The molecule has 16 heavy (non-hydrogen) atoms. The van der Waals surface area contributed by atoms with Crippen LogP contribution in [0.3, 0.4) is 0 Å². The number of Topliss-reactive ketones (excluding diaryl/α,β-unsaturated/α-hetero) is 1. The fourth-order valence-electron chi connectivity index (χ4n) is 2.36. The van der Waals surface area contributed by atoms with Crippen molar-refractivity contribution >= 4 is 5.78 Å². The van der Waals surface area contributed by atoms with Crippen LogP contribution in [0.2, 0.25) is 0 Å². The van der Waals surface area contributed by atoms with Gasteiger partial charge in [-0.3, -0.25) is 4.79 Å². The number of carbonyl (C=O) groups is 1. The van der Waals surface area contributed by atoms with Gasteiger partial charge in [0.05, 0.1) is 5.57 Å². The average molecular weight is 220 g/mol. The highest BCUT2D eigenvalue weighted by atomic mass is 16.5. The number of fused-ring (bicyclic) bond motifs is 1. The third-order valence-corrected chi connectivity index (χ3v) is 3.42. The second-order valence-electron chi connectivity index (χ2n) is 5.01. The zero-order chi connectivity index (χ0) is 11.6. The van der Waals surface area contributed by atoms with Crippen LogP contribution in [0, 0.1) is 0 Å². The molecule has 1 atom stereocenters. The summed E-state index contributed by atoms with van der Waals surface area (Å²) in [6.45, 7) is 4.34. The van der Waals surface area contributed by atoms with Crippen LogP contribution in [-0.2, 0) is 9.53 Å². The molecule has 1 aliphatic carbocycles. The maximum atomic E-state index is 11.7. The van der Waals surface area contributed by atoms with E-state index in [2.05, 4.69) is 26.0 Å². The lowest BCUT2D eigenvalue weighted by atomic mass is 9.87. The highest BCUT2D eigenvalue weighted by Gasteiger charge is 2.33. The van der Waals surface area contributed by atoms with Crippen LogP contribution in [0.25, 0.3) is 0 Å². The minimum absolute atomic E-state index is 0.0943. The van der Waals surface area contributed by atoms with Gasteiger partial charge < -0.3 is 4.74 Å². The third-order valence-electron chi connectivity index (χ3n) is 3.42. The van der Waals surface area contributed by atoms with Gasteiger partial charge in [-0.15, -0.1) is 0 Å². The number of allylic oxidation sites excluding steroid dienone is 2. The minimum Gasteiger partial charge on any atom is -0.487 e. The molecule has 1 unspecified atom stereocenters. The Morgan fingerprint density at radius 2 is 2.25 bits per heavy atom. The molecule has 0 radical (unpaired) electrons. The maximum Gasteiger partial charge on any atom is 0.166 e. The van der Waals surface area contributed by atoms with E-state index >= 15 is 0 Å². The van der Waals surface area contributed by atoms with Gasteiger partial charge in [-0.1, -0.05) is 19.4 Å². The van der Waals surface area contributed by atoms with E-state index in [9.17, 15) is 4.79 Å². The largest absolute Gasteiger partial charge is 0.487 e. The van der Waals surface area contributed by atoms with E-state index in [1.165, 1.54) is 12.8 Å². The van der Waals surface area contributed by atoms with Crippen LogP contribution < -0.4 is 0 Å². The van der Waals surface area contributed by atoms with Crippen molar-refractivity contribution in [2.45, 2.75) is 58.0 Å². The lowest BCUT2D eigenvalue weighted by Crippen LogP contribution is -2.33. The van der Waals surface area contributed by atoms with E-state index in [0.29, 0.717) is 6.42 Å². The average Bonchev–Trinajstić information content (AvgIpc) is 2.26. The summed E-state index contributed by atoms with van der Waals surface area (Å²) in [7, 11) is 0. The van der Waals surface area contributed by atoms with Gasteiger partial charge in [0.15, 0.2) is 5.78 Å². The van der Waals surface area contributed by atoms with Crippen LogP contribution in [0.4, 0.5) is 0 Å². The first kappa shape index (κ1) is 11.4. The standard InChI is InChI=1S/C14H20O2/c1-3-4-9-14(2)10-8-11-12(15)6-5-7-13(11)16-14/h7-8H,3-6,9-10H2,1-2H3. The Labute approximate surface area is 97.4 Å². The summed E-state index contributed by atoms with van der Waals surface area (Å²) in [5.74, 6) is 1.08. The van der Waals surface area contributed by atoms with Crippen LogP contribution in [0.1, 0.15) is 52.4 Å². The van der Waals surface area contributed by atoms with Crippen LogP contribution in [0.15, 0.2) is 23.5 Å². The summed E-state index contributed by atoms with van der Waals surface area (Å²) >= 11 is 0. The molecule has 0 amide bonds. The first-order valence-corrected chi connectivity index (χ1v) is 6.27. The highest BCUT2D eigenvalue weighted by molar-refractivity contribution is 6.00. The number of rotatable bonds is 3. The molecule has 2 nitrogen and oxygen atoms in total. The summed E-state index contributed by atoms with van der Waals surface area (Å²) in [6, 6.07) is 0. The molecule has 0 N–H and O–H groups in total. The number of ether oxygens (including phenoxy) is 1. The van der Waals surface area contributed by atoms with Gasteiger partial charge in [-0.25, -0.2) is 0 Å². The Morgan fingerprint density at radius 3 is 3.00 bits per heavy atom. The number of carbonyl (C=O) groups excluding carboxylic acids is 1. The normalized spacial score (nSPS) is 29.0. The first-order valence-electron chi connectivity index (χ1n) is 6.27. The van der Waals surface area contributed by atoms with E-state index in [1.807, 2.05) is 0 Å². The van der Waals surface area contributed by atoms with Crippen molar-refractivity contribution in [1.82, 2.24) is 0 Å². The Kier molecular flexibility index (Phi) is 3.17. The SMILES string of the molecule is CCCCC1(C)CC=C2C(=O)CCC=C2O1. The third kappa shape index (κ3) is 2.21. The van der Waals surface area contributed by atoms with Crippen molar-refractivity contribution in [3.05, 3.63) is 23.5 Å². The van der Waals surface area contributed by atoms with E-state index in [1.54, 1.807) is 0 Å². The number of ketones is 1. The Balaban J connectivity index is 2.14. The van der Waals surface area contributed by atoms with E-state index in [4.69, 9.17) is 4.74 Å². The fourth-order valence-corrected chi connectivity index (χ4v) is 2.36. The van der Waals surface area contributed by atoms with Crippen molar-refractivity contribution in [3.8, 4) is 0 Å². The molecule has 0 aromatic heterocycles. The molecule has 88 valence electrons. The monoisotopic (exact) mass is 220 g/mol. The summed E-state index contributed by atoms with van der Waals surface area (Å²) < 4.78 is 6.02. The molecule has 2 heteroatoms. The van der Waals surface area contributed by atoms with Gasteiger partial charge in [0.2, 0.25) is 0 Å². The molecule has 0 aromatic carbocycles. The van der Waals surface area contributed by atoms with Gasteiger partial charge in [-0.2, -0.15) is 0 Å². The summed E-state index contributed by atoms with van der Waals surface area (Å²) in [4.78, 5) is 11.7. The van der Waals surface area contributed by atoms with Gasteiger partial charge in [0.25, 0.3) is 0 Å².